The van der Waals surface area contributed by atoms with E-state index in [0.717, 1.165) is 21.0 Å². The fourth-order valence-electron chi connectivity index (χ4n) is 4.66. The fourth-order valence-corrected chi connectivity index (χ4v) is 6.08. The van der Waals surface area contributed by atoms with E-state index in [0.29, 0.717) is 24.4 Å². The minimum absolute atomic E-state index is 0.0854. The highest BCUT2D eigenvalue weighted by molar-refractivity contribution is 7.92. The summed E-state index contributed by atoms with van der Waals surface area (Å²) in [6, 6.07) is 20.3. The van der Waals surface area contributed by atoms with Gasteiger partial charge < -0.3 is 15.0 Å². The molecule has 232 valence electrons. The molecule has 8 nitrogen and oxygen atoms in total. The van der Waals surface area contributed by atoms with Gasteiger partial charge in [0.05, 0.1) is 17.7 Å². The molecule has 0 aliphatic heterocycles. The fraction of sp³-hybridized carbons (Fsp3) is 0.412. The summed E-state index contributed by atoms with van der Waals surface area (Å²) in [6.45, 7) is 12.0. The van der Waals surface area contributed by atoms with Crippen LogP contribution >= 0.6 is 0 Å². The number of amides is 2. The van der Waals surface area contributed by atoms with E-state index < -0.39 is 28.5 Å². The quantitative estimate of drug-likeness (QED) is 0.246. The lowest BCUT2D eigenvalue weighted by Gasteiger charge is -2.33. The molecule has 1 unspecified atom stereocenters. The number of benzene rings is 3. The molecule has 3 aromatic rings. The van der Waals surface area contributed by atoms with Crippen molar-refractivity contribution in [3.63, 3.8) is 0 Å². The smallest absolute Gasteiger partial charge is 0.264 e. The first-order chi connectivity index (χ1) is 20.4. The predicted octanol–water partition coefficient (Wildman–Crippen LogP) is 5.90. The highest BCUT2D eigenvalue weighted by Crippen LogP contribution is 2.27. The number of aryl methyl sites for hydroxylation is 1. The van der Waals surface area contributed by atoms with Crippen molar-refractivity contribution in [3.05, 3.63) is 89.5 Å². The van der Waals surface area contributed by atoms with Gasteiger partial charge in [0.2, 0.25) is 11.8 Å². The van der Waals surface area contributed by atoms with Crippen molar-refractivity contribution in [3.8, 4) is 5.75 Å². The summed E-state index contributed by atoms with van der Waals surface area (Å²) in [5, 5.41) is 2.95. The molecule has 0 bridgehead atoms. The van der Waals surface area contributed by atoms with Gasteiger partial charge in [0.15, 0.2) is 0 Å². The number of nitrogens with zero attached hydrogens (tertiary/aromatic N) is 2. The Morgan fingerprint density at radius 3 is 2.00 bits per heavy atom. The Morgan fingerprint density at radius 1 is 0.884 bits per heavy atom. The van der Waals surface area contributed by atoms with Gasteiger partial charge in [0.25, 0.3) is 10.0 Å². The second kappa shape index (κ2) is 15.0. The molecule has 0 fully saturated rings. The van der Waals surface area contributed by atoms with Gasteiger partial charge in [-0.25, -0.2) is 8.42 Å². The second-order valence-corrected chi connectivity index (χ2v) is 13.4. The van der Waals surface area contributed by atoms with Crippen molar-refractivity contribution >= 4 is 27.5 Å². The maximum absolute atomic E-state index is 14.2. The Bertz CT molecular complexity index is 1450. The molecule has 0 heterocycles. The van der Waals surface area contributed by atoms with Gasteiger partial charge in [-0.2, -0.15) is 0 Å². The third kappa shape index (κ3) is 8.83. The first kappa shape index (κ1) is 33.6. The molecular formula is C34H45N3O5S. The molecule has 3 rings (SSSR count). The number of hydrogen-bond acceptors (Lipinski definition) is 5. The Labute approximate surface area is 257 Å². The number of hydrogen-bond donors (Lipinski definition) is 1. The monoisotopic (exact) mass is 607 g/mol. The predicted molar refractivity (Wildman–Crippen MR) is 172 cm³/mol. The SMILES string of the molecule is CCC(C(=O)NCC(C)C)N(Cc1ccc(OC)cc1)C(=O)CN(c1ccc(C(C)C)cc1)S(=O)(=O)c1ccc(C)cc1. The molecule has 0 aliphatic carbocycles. The van der Waals surface area contributed by atoms with E-state index in [4.69, 9.17) is 4.74 Å². The number of nitrogens with one attached hydrogen (secondary N) is 1. The van der Waals surface area contributed by atoms with Crippen molar-refractivity contribution in [1.82, 2.24) is 10.2 Å². The molecule has 0 saturated carbocycles. The Kier molecular flexibility index (Phi) is 11.8. The van der Waals surface area contributed by atoms with Gasteiger partial charge in [-0.1, -0.05) is 76.6 Å². The van der Waals surface area contributed by atoms with E-state index in [1.807, 2.05) is 52.0 Å². The molecule has 9 heteroatoms. The normalized spacial score (nSPS) is 12.2. The zero-order valence-corrected chi connectivity index (χ0v) is 27.1. The Morgan fingerprint density at radius 2 is 1.49 bits per heavy atom. The minimum Gasteiger partial charge on any atom is -0.497 e. The first-order valence-corrected chi connectivity index (χ1v) is 16.2. The summed E-state index contributed by atoms with van der Waals surface area (Å²) in [5.41, 5.74) is 3.14. The summed E-state index contributed by atoms with van der Waals surface area (Å²) in [4.78, 5) is 29.2. The number of anilines is 1. The van der Waals surface area contributed by atoms with Crippen LogP contribution < -0.4 is 14.4 Å². The van der Waals surface area contributed by atoms with Crippen molar-refractivity contribution in [2.45, 2.75) is 71.4 Å². The van der Waals surface area contributed by atoms with Crippen LogP contribution in [0, 0.1) is 12.8 Å². The van der Waals surface area contributed by atoms with Crippen molar-refractivity contribution in [1.29, 1.82) is 0 Å². The molecule has 0 aliphatic rings. The van der Waals surface area contributed by atoms with Crippen LogP contribution in [0.5, 0.6) is 5.75 Å². The lowest BCUT2D eigenvalue weighted by Crippen LogP contribution is -2.52. The highest BCUT2D eigenvalue weighted by atomic mass is 32.2. The maximum atomic E-state index is 14.2. The van der Waals surface area contributed by atoms with Crippen LogP contribution in [0.3, 0.4) is 0 Å². The first-order valence-electron chi connectivity index (χ1n) is 14.8. The van der Waals surface area contributed by atoms with Gasteiger partial charge >= 0.3 is 0 Å². The molecule has 2 amide bonds. The van der Waals surface area contributed by atoms with Crippen LogP contribution in [0.25, 0.3) is 0 Å². The maximum Gasteiger partial charge on any atom is 0.264 e. The van der Waals surface area contributed by atoms with Crippen LogP contribution in [0.2, 0.25) is 0 Å². The van der Waals surface area contributed by atoms with Gasteiger partial charge in [0.1, 0.15) is 18.3 Å². The number of methoxy groups -OCH3 is 1. The van der Waals surface area contributed by atoms with E-state index in [1.54, 1.807) is 55.6 Å². The molecule has 0 saturated heterocycles. The summed E-state index contributed by atoms with van der Waals surface area (Å²) in [6.07, 6.45) is 0.361. The summed E-state index contributed by atoms with van der Waals surface area (Å²) >= 11 is 0. The van der Waals surface area contributed by atoms with E-state index in [9.17, 15) is 18.0 Å². The van der Waals surface area contributed by atoms with E-state index in [1.165, 1.54) is 4.90 Å². The summed E-state index contributed by atoms with van der Waals surface area (Å²) in [5.74, 6) is 0.408. The van der Waals surface area contributed by atoms with Crippen molar-refractivity contribution in [2.75, 3.05) is 24.5 Å². The van der Waals surface area contributed by atoms with Gasteiger partial charge in [-0.15, -0.1) is 0 Å². The number of carbonyl (C=O) groups is 2. The van der Waals surface area contributed by atoms with Gasteiger partial charge in [-0.3, -0.25) is 13.9 Å². The molecule has 1 N–H and O–H groups in total. The lowest BCUT2D eigenvalue weighted by atomic mass is 10.0. The van der Waals surface area contributed by atoms with Crippen LogP contribution in [-0.4, -0.2) is 51.4 Å². The molecule has 0 spiro atoms. The van der Waals surface area contributed by atoms with Crippen LogP contribution in [0.4, 0.5) is 5.69 Å². The summed E-state index contributed by atoms with van der Waals surface area (Å²) in [7, 11) is -2.54. The largest absolute Gasteiger partial charge is 0.497 e. The lowest BCUT2D eigenvalue weighted by molar-refractivity contribution is -0.140. The standard InChI is InChI=1S/C34H45N3O5S/c1-8-32(34(39)35-21-24(2)3)36(22-27-11-17-30(42-7)18-12-27)33(38)23-37(29-15-13-28(14-16-29)25(4)5)43(40,41)31-19-9-26(6)10-20-31/h9-20,24-25,32H,8,21-23H2,1-7H3,(H,35,39). The van der Waals surface area contributed by atoms with E-state index in [-0.39, 0.29) is 29.2 Å². The van der Waals surface area contributed by atoms with Gasteiger partial charge in [-0.05, 0) is 72.7 Å². The zero-order chi connectivity index (χ0) is 31.7. The third-order valence-corrected chi connectivity index (χ3v) is 9.11. The number of ether oxygens (including phenoxy) is 1. The Balaban J connectivity index is 2.06. The number of carbonyl (C=O) groups excluding carboxylic acids is 2. The topological polar surface area (TPSA) is 96.0 Å². The van der Waals surface area contributed by atoms with Crippen molar-refractivity contribution < 1.29 is 22.7 Å². The third-order valence-electron chi connectivity index (χ3n) is 7.32. The van der Waals surface area contributed by atoms with Gasteiger partial charge in [0, 0.05) is 13.1 Å². The molecule has 0 aromatic heterocycles. The molecule has 43 heavy (non-hydrogen) atoms. The zero-order valence-electron chi connectivity index (χ0n) is 26.3. The molecular weight excluding hydrogens is 562 g/mol. The average Bonchev–Trinajstić information content (AvgIpc) is 2.99. The van der Waals surface area contributed by atoms with Crippen LogP contribution in [0.15, 0.2) is 77.7 Å². The highest BCUT2D eigenvalue weighted by Gasteiger charge is 2.33. The van der Waals surface area contributed by atoms with Crippen molar-refractivity contribution in [2.24, 2.45) is 5.92 Å². The minimum atomic E-state index is -4.12. The van der Waals surface area contributed by atoms with Crippen LogP contribution in [-0.2, 0) is 26.2 Å². The molecule has 3 aromatic carbocycles. The number of rotatable bonds is 14. The van der Waals surface area contributed by atoms with Crippen LogP contribution in [0.1, 0.15) is 63.6 Å². The molecule has 1 atom stereocenters. The van der Waals surface area contributed by atoms with E-state index in [2.05, 4.69) is 19.2 Å². The number of sulfonamides is 1. The second-order valence-electron chi connectivity index (χ2n) is 11.5. The Hall–Kier alpha value is -3.85. The average molecular weight is 608 g/mol. The van der Waals surface area contributed by atoms with E-state index >= 15 is 0 Å². The summed E-state index contributed by atoms with van der Waals surface area (Å²) < 4.78 is 34.5. The molecule has 0 radical (unpaired) electrons.